The van der Waals surface area contributed by atoms with E-state index >= 15 is 8.78 Å². The van der Waals surface area contributed by atoms with Gasteiger partial charge in [-0.15, -0.1) is 11.3 Å². The van der Waals surface area contributed by atoms with Crippen LogP contribution in [0.4, 0.5) is 24.0 Å². The quantitative estimate of drug-likeness (QED) is 0.224. The molecule has 0 amide bonds. The van der Waals surface area contributed by atoms with Crippen molar-refractivity contribution in [2.24, 2.45) is 7.05 Å². The minimum absolute atomic E-state index is 0.0185. The number of hydrogen-bond acceptors (Lipinski definition) is 11. The van der Waals surface area contributed by atoms with Gasteiger partial charge in [-0.3, -0.25) is 14.5 Å². The Morgan fingerprint density at radius 2 is 1.92 bits per heavy atom. The van der Waals surface area contributed by atoms with E-state index in [-0.39, 0.29) is 56.4 Å². The molecule has 7 heterocycles. The Kier molecular flexibility index (Phi) is 7.80. The molecule has 0 aliphatic carbocycles. The van der Waals surface area contributed by atoms with Crippen LogP contribution in [-0.4, -0.2) is 106 Å². The molecule has 0 spiro atoms. The third kappa shape index (κ3) is 5.05. The second-order valence-corrected chi connectivity index (χ2v) is 15.5. The van der Waals surface area contributed by atoms with Crippen LogP contribution in [0.3, 0.4) is 0 Å². The molecule has 11 nitrogen and oxygen atoms in total. The van der Waals surface area contributed by atoms with Crippen molar-refractivity contribution in [1.82, 2.24) is 29.5 Å². The summed E-state index contributed by atoms with van der Waals surface area (Å²) in [5.74, 6) is -0.676. The van der Waals surface area contributed by atoms with Gasteiger partial charge in [-0.2, -0.15) is 20.3 Å². The smallest absolute Gasteiger partial charge is 0.319 e. The molecular weight excluding hydrogens is 680 g/mol. The van der Waals surface area contributed by atoms with E-state index in [0.29, 0.717) is 60.3 Å². The van der Waals surface area contributed by atoms with Gasteiger partial charge in [-0.1, -0.05) is 6.07 Å². The van der Waals surface area contributed by atoms with Crippen LogP contribution >= 0.6 is 11.3 Å². The molecule has 2 N–H and O–H groups in total. The number of piperazine rings is 1. The number of benzene rings is 2. The Hall–Kier alpha value is -4.23. The lowest BCUT2D eigenvalue weighted by atomic mass is 9.94. The van der Waals surface area contributed by atoms with Crippen molar-refractivity contribution in [2.45, 2.75) is 55.9 Å². The van der Waals surface area contributed by atoms with Crippen molar-refractivity contribution in [3.8, 4) is 23.2 Å². The maximum Gasteiger partial charge on any atom is 0.319 e. The summed E-state index contributed by atoms with van der Waals surface area (Å²) in [7, 11) is 3.47. The summed E-state index contributed by atoms with van der Waals surface area (Å²) in [4.78, 5) is 16.6. The molecule has 266 valence electrons. The van der Waals surface area contributed by atoms with Crippen LogP contribution in [0.15, 0.2) is 18.3 Å². The van der Waals surface area contributed by atoms with E-state index in [4.69, 9.17) is 30.3 Å². The second-order valence-electron chi connectivity index (χ2n) is 14.4. The van der Waals surface area contributed by atoms with Gasteiger partial charge in [0, 0.05) is 81.4 Å². The summed E-state index contributed by atoms with van der Waals surface area (Å²) in [6.07, 6.45) is 5.10. The van der Waals surface area contributed by atoms with Gasteiger partial charge in [0.25, 0.3) is 0 Å². The molecule has 0 unspecified atom stereocenters. The molecule has 2 bridgehead atoms. The van der Waals surface area contributed by atoms with Gasteiger partial charge in [0.05, 0.1) is 27.8 Å². The Morgan fingerprint density at radius 3 is 2.69 bits per heavy atom. The molecule has 4 aliphatic heterocycles. The molecule has 4 saturated heterocycles. The second kappa shape index (κ2) is 12.2. The number of nitrogens with two attached hydrogens (primary N) is 1. The van der Waals surface area contributed by atoms with Gasteiger partial charge in [0.1, 0.15) is 46.5 Å². The average molecular weight is 718 g/mol. The van der Waals surface area contributed by atoms with Crippen molar-refractivity contribution in [3.63, 3.8) is 0 Å². The Labute approximate surface area is 296 Å². The van der Waals surface area contributed by atoms with Gasteiger partial charge < -0.3 is 20.1 Å². The number of alkyl halides is 1. The molecule has 5 aromatic rings. The standard InChI is InChI=1S/C36H38F3N9O2S/c1-45-17-24-28-31(29(39)27(30(24)44-45)22-6-7-25(38)32-26(22)23(13-40)33(41)51-32)42-35(50-18-36-8-3-9-47(36)14-19(37)12-36)43-34(28)46-15-20-4-5-21(16-46)48(20)10-11-49-2/h6-7,17,19-21H,3-5,8-12,14-16,18,41H2,1-2H3/t19-,20-,21+,36+/m1/s1. The van der Waals surface area contributed by atoms with E-state index in [1.165, 1.54) is 12.1 Å². The van der Waals surface area contributed by atoms with Crippen LogP contribution in [-0.2, 0) is 11.8 Å². The van der Waals surface area contributed by atoms with Crippen LogP contribution in [0.1, 0.15) is 37.7 Å². The maximum atomic E-state index is 17.6. The van der Waals surface area contributed by atoms with Crippen LogP contribution in [0.25, 0.3) is 43.0 Å². The molecule has 2 aromatic carbocycles. The van der Waals surface area contributed by atoms with Gasteiger partial charge >= 0.3 is 6.01 Å². The molecule has 4 fully saturated rings. The number of hydrogen-bond donors (Lipinski definition) is 1. The van der Waals surface area contributed by atoms with Crippen molar-refractivity contribution in [1.29, 1.82) is 5.26 Å². The number of rotatable bonds is 8. The van der Waals surface area contributed by atoms with Crippen LogP contribution in [0.5, 0.6) is 6.01 Å². The summed E-state index contributed by atoms with van der Waals surface area (Å²) >= 11 is 0.957. The van der Waals surface area contributed by atoms with E-state index in [1.807, 2.05) is 6.20 Å². The Morgan fingerprint density at radius 1 is 1.12 bits per heavy atom. The van der Waals surface area contributed by atoms with Crippen LogP contribution in [0, 0.1) is 23.0 Å². The van der Waals surface area contributed by atoms with Gasteiger partial charge in [-0.25, -0.2) is 13.2 Å². The number of ether oxygens (including phenoxy) is 2. The molecule has 0 radical (unpaired) electrons. The number of thiophene rings is 1. The lowest BCUT2D eigenvalue weighted by Crippen LogP contribution is -2.54. The third-order valence-electron chi connectivity index (χ3n) is 11.5. The normalized spacial score (nSPS) is 25.1. The molecule has 0 saturated carbocycles. The first-order valence-electron chi connectivity index (χ1n) is 17.5. The number of methoxy groups -OCH3 is 1. The van der Waals surface area contributed by atoms with E-state index in [9.17, 15) is 9.65 Å². The number of nitrogen functional groups attached to an aromatic ring is 1. The molecule has 51 heavy (non-hydrogen) atoms. The van der Waals surface area contributed by atoms with Gasteiger partial charge in [0.2, 0.25) is 0 Å². The van der Waals surface area contributed by atoms with Gasteiger partial charge in [-0.05, 0) is 43.9 Å². The number of nitrogens with zero attached hydrogens (tertiary/aromatic N) is 8. The summed E-state index contributed by atoms with van der Waals surface area (Å²) in [5, 5.41) is 16.3. The number of anilines is 2. The number of aryl methyl sites for hydroxylation is 1. The van der Waals surface area contributed by atoms with Crippen LogP contribution < -0.4 is 15.4 Å². The Bertz CT molecular complexity index is 2240. The largest absolute Gasteiger partial charge is 0.461 e. The highest BCUT2D eigenvalue weighted by atomic mass is 32.1. The topological polar surface area (TPSA) is 122 Å². The molecule has 9 rings (SSSR count). The number of aromatic nitrogens is 4. The highest BCUT2D eigenvalue weighted by molar-refractivity contribution is 7.23. The van der Waals surface area contributed by atoms with Crippen molar-refractivity contribution in [2.75, 3.05) is 63.7 Å². The summed E-state index contributed by atoms with van der Waals surface area (Å²) in [6.45, 7) is 4.21. The minimum Gasteiger partial charge on any atom is -0.461 e. The predicted octanol–water partition coefficient (Wildman–Crippen LogP) is 5.38. The minimum atomic E-state index is -0.928. The van der Waals surface area contributed by atoms with E-state index in [0.717, 1.165) is 50.1 Å². The summed E-state index contributed by atoms with van der Waals surface area (Å²) < 4.78 is 61.0. The van der Waals surface area contributed by atoms with Crippen molar-refractivity contribution < 1.29 is 22.6 Å². The first kappa shape index (κ1) is 32.7. The van der Waals surface area contributed by atoms with Crippen LogP contribution in [0.2, 0.25) is 0 Å². The highest BCUT2D eigenvalue weighted by Crippen LogP contribution is 2.47. The average Bonchev–Trinajstić information content (AvgIpc) is 3.89. The first-order valence-corrected chi connectivity index (χ1v) is 18.3. The van der Waals surface area contributed by atoms with E-state index in [2.05, 4.69) is 20.8 Å². The molecular formula is C36H38F3N9O2S. The number of halogens is 3. The molecule has 3 aromatic heterocycles. The number of nitriles is 1. The highest BCUT2D eigenvalue weighted by Gasteiger charge is 2.49. The molecule has 15 heteroatoms. The zero-order chi connectivity index (χ0) is 35.2. The predicted molar refractivity (Wildman–Crippen MR) is 190 cm³/mol. The van der Waals surface area contributed by atoms with E-state index in [1.54, 1.807) is 18.8 Å². The monoisotopic (exact) mass is 717 g/mol. The Balaban J connectivity index is 1.25. The fourth-order valence-corrected chi connectivity index (χ4v) is 10.3. The lowest BCUT2D eigenvalue weighted by molar-refractivity contribution is 0.105. The summed E-state index contributed by atoms with van der Waals surface area (Å²) in [6, 6.07) is 5.39. The number of fused-ring (bicyclic) bond motifs is 7. The lowest BCUT2D eigenvalue weighted by Gasteiger charge is -2.41. The van der Waals surface area contributed by atoms with Crippen molar-refractivity contribution >= 4 is 54.0 Å². The first-order chi connectivity index (χ1) is 24.7. The van der Waals surface area contributed by atoms with Gasteiger partial charge in [0.15, 0.2) is 5.82 Å². The summed E-state index contributed by atoms with van der Waals surface area (Å²) in [5.41, 5.74) is 6.58. The van der Waals surface area contributed by atoms with E-state index < -0.39 is 23.3 Å². The van der Waals surface area contributed by atoms with Crippen molar-refractivity contribution in [3.05, 3.63) is 35.5 Å². The molecule has 4 atom stereocenters. The zero-order valence-corrected chi connectivity index (χ0v) is 29.3. The fourth-order valence-electron chi connectivity index (χ4n) is 9.33. The zero-order valence-electron chi connectivity index (χ0n) is 28.5. The fraction of sp³-hybridized carbons (Fsp3) is 0.500. The SMILES string of the molecule is COCCN1[C@@H]2CC[C@H]1CN(c1nc(OC[C@@]34CCCN3C[C@H](F)C4)nc3c(F)c(-c4ccc(F)c5sc(N)c(C#N)c45)c4nn(C)cc4c13)C2. The molecule has 4 aliphatic rings. The maximum absolute atomic E-state index is 17.6. The third-order valence-corrected chi connectivity index (χ3v) is 12.6.